The third kappa shape index (κ3) is 2.44. The molecule has 0 spiro atoms. The van der Waals surface area contributed by atoms with E-state index in [2.05, 4.69) is 10.6 Å². The van der Waals surface area contributed by atoms with Crippen molar-refractivity contribution >= 4 is 17.3 Å². The maximum atomic E-state index is 13.5. The Morgan fingerprint density at radius 2 is 1.90 bits per heavy atom. The van der Waals surface area contributed by atoms with Crippen molar-refractivity contribution in [2.75, 3.05) is 17.2 Å². The molecule has 2 aromatic rings. The molecular formula is C15H11F3N2O. The molecule has 0 aromatic heterocycles. The summed E-state index contributed by atoms with van der Waals surface area (Å²) >= 11 is 0. The second-order valence-corrected chi connectivity index (χ2v) is 4.73. The normalized spacial score (nSPS) is 12.7. The van der Waals surface area contributed by atoms with E-state index in [0.717, 1.165) is 36.3 Å². The summed E-state index contributed by atoms with van der Waals surface area (Å²) in [5, 5.41) is 5.36. The average Bonchev–Trinajstić information content (AvgIpc) is 2.95. The molecular weight excluding hydrogens is 281 g/mol. The molecule has 21 heavy (non-hydrogen) atoms. The predicted octanol–water partition coefficient (Wildman–Crippen LogP) is 3.32. The van der Waals surface area contributed by atoms with Crippen LogP contribution in [0.25, 0.3) is 0 Å². The fourth-order valence-corrected chi connectivity index (χ4v) is 2.25. The van der Waals surface area contributed by atoms with Crippen LogP contribution in [-0.4, -0.2) is 12.5 Å². The van der Waals surface area contributed by atoms with E-state index >= 15 is 0 Å². The maximum absolute atomic E-state index is 13.5. The van der Waals surface area contributed by atoms with E-state index in [9.17, 15) is 18.0 Å². The Hall–Kier alpha value is -2.50. The standard InChI is InChI=1S/C15H11F3N2O/c16-10-3-4-11(14(18)13(10)17)20-15(21)9-2-1-8-5-6-19-12(8)7-9/h1-4,7,19H,5-6H2,(H,20,21). The maximum Gasteiger partial charge on any atom is 0.255 e. The van der Waals surface area contributed by atoms with Gasteiger partial charge in [-0.3, -0.25) is 4.79 Å². The number of hydrogen-bond donors (Lipinski definition) is 2. The van der Waals surface area contributed by atoms with E-state index in [0.29, 0.717) is 5.56 Å². The van der Waals surface area contributed by atoms with Crippen molar-refractivity contribution in [1.82, 2.24) is 0 Å². The minimum absolute atomic E-state index is 0.312. The number of anilines is 2. The van der Waals surface area contributed by atoms with Gasteiger partial charge in [-0.05, 0) is 36.2 Å². The Balaban J connectivity index is 1.85. The molecule has 3 nitrogen and oxygen atoms in total. The van der Waals surface area contributed by atoms with Gasteiger partial charge in [0.05, 0.1) is 5.69 Å². The number of carbonyl (C=O) groups is 1. The van der Waals surface area contributed by atoms with Crippen molar-refractivity contribution in [2.45, 2.75) is 6.42 Å². The van der Waals surface area contributed by atoms with E-state index in [1.807, 2.05) is 6.07 Å². The Morgan fingerprint density at radius 1 is 1.10 bits per heavy atom. The Bertz CT molecular complexity index is 731. The predicted molar refractivity (Wildman–Crippen MR) is 72.9 cm³/mol. The third-order valence-corrected chi connectivity index (χ3v) is 3.37. The van der Waals surface area contributed by atoms with Gasteiger partial charge in [0.1, 0.15) is 0 Å². The van der Waals surface area contributed by atoms with Crippen LogP contribution < -0.4 is 10.6 Å². The van der Waals surface area contributed by atoms with E-state index in [4.69, 9.17) is 0 Å². The number of carbonyl (C=O) groups excluding carboxylic acids is 1. The van der Waals surface area contributed by atoms with Gasteiger partial charge in [0, 0.05) is 17.8 Å². The Labute approximate surface area is 118 Å². The van der Waals surface area contributed by atoms with Crippen molar-refractivity contribution in [3.8, 4) is 0 Å². The lowest BCUT2D eigenvalue weighted by Crippen LogP contribution is -2.14. The first-order valence-corrected chi connectivity index (χ1v) is 6.38. The van der Waals surface area contributed by atoms with Gasteiger partial charge in [0.2, 0.25) is 0 Å². The van der Waals surface area contributed by atoms with Gasteiger partial charge >= 0.3 is 0 Å². The molecule has 0 radical (unpaired) electrons. The lowest BCUT2D eigenvalue weighted by atomic mass is 10.1. The van der Waals surface area contributed by atoms with E-state index in [-0.39, 0.29) is 0 Å². The molecule has 0 aliphatic carbocycles. The molecule has 1 aliphatic heterocycles. The number of benzene rings is 2. The molecule has 0 atom stereocenters. The van der Waals surface area contributed by atoms with Gasteiger partial charge < -0.3 is 10.6 Å². The van der Waals surface area contributed by atoms with Crippen LogP contribution in [0.5, 0.6) is 0 Å². The molecule has 2 aromatic carbocycles. The molecule has 108 valence electrons. The van der Waals surface area contributed by atoms with Crippen LogP contribution in [0.15, 0.2) is 30.3 Å². The van der Waals surface area contributed by atoms with Gasteiger partial charge in [-0.1, -0.05) is 6.07 Å². The third-order valence-electron chi connectivity index (χ3n) is 3.37. The van der Waals surface area contributed by atoms with Gasteiger partial charge in [0.15, 0.2) is 17.5 Å². The number of hydrogen-bond acceptors (Lipinski definition) is 2. The van der Waals surface area contributed by atoms with Crippen LogP contribution in [0.3, 0.4) is 0 Å². The first-order valence-electron chi connectivity index (χ1n) is 6.38. The largest absolute Gasteiger partial charge is 0.384 e. The fraction of sp³-hybridized carbons (Fsp3) is 0.133. The summed E-state index contributed by atoms with van der Waals surface area (Å²) in [6.07, 6.45) is 0.884. The molecule has 2 N–H and O–H groups in total. The van der Waals surface area contributed by atoms with Crippen LogP contribution in [0.4, 0.5) is 24.5 Å². The highest BCUT2D eigenvalue weighted by atomic mass is 19.2. The minimum atomic E-state index is -1.61. The molecule has 1 heterocycles. The van der Waals surface area contributed by atoms with Crippen LogP contribution in [0.1, 0.15) is 15.9 Å². The lowest BCUT2D eigenvalue weighted by molar-refractivity contribution is 0.102. The Morgan fingerprint density at radius 3 is 2.71 bits per heavy atom. The van der Waals surface area contributed by atoms with Crippen molar-refractivity contribution in [3.05, 3.63) is 58.9 Å². The zero-order chi connectivity index (χ0) is 15.0. The molecule has 0 saturated heterocycles. The highest BCUT2D eigenvalue weighted by molar-refractivity contribution is 6.05. The van der Waals surface area contributed by atoms with Crippen molar-refractivity contribution in [3.63, 3.8) is 0 Å². The summed E-state index contributed by atoms with van der Waals surface area (Å²) in [6.45, 7) is 0.804. The Kier molecular flexibility index (Phi) is 3.29. The van der Waals surface area contributed by atoms with Crippen molar-refractivity contribution < 1.29 is 18.0 Å². The summed E-state index contributed by atoms with van der Waals surface area (Å²) in [7, 11) is 0. The van der Waals surface area contributed by atoms with Gasteiger partial charge in [-0.2, -0.15) is 0 Å². The first kappa shape index (κ1) is 13.5. The van der Waals surface area contributed by atoms with E-state index < -0.39 is 29.0 Å². The van der Waals surface area contributed by atoms with Gasteiger partial charge in [-0.15, -0.1) is 0 Å². The summed E-state index contributed by atoms with van der Waals surface area (Å²) in [5.41, 5.74) is 1.87. The molecule has 0 unspecified atom stereocenters. The topological polar surface area (TPSA) is 41.1 Å². The summed E-state index contributed by atoms with van der Waals surface area (Å²) < 4.78 is 39.5. The lowest BCUT2D eigenvalue weighted by Gasteiger charge is -2.08. The molecule has 3 rings (SSSR count). The summed E-state index contributed by atoms with van der Waals surface area (Å²) in [6, 6.07) is 6.82. The van der Waals surface area contributed by atoms with E-state index in [1.54, 1.807) is 12.1 Å². The summed E-state index contributed by atoms with van der Waals surface area (Å²) in [4.78, 5) is 12.0. The molecule has 1 aliphatic rings. The zero-order valence-corrected chi connectivity index (χ0v) is 10.8. The summed E-state index contributed by atoms with van der Waals surface area (Å²) in [5.74, 6) is -4.91. The molecule has 6 heteroatoms. The van der Waals surface area contributed by atoms with E-state index in [1.165, 1.54) is 0 Å². The van der Waals surface area contributed by atoms with Crippen LogP contribution in [-0.2, 0) is 6.42 Å². The molecule has 0 fully saturated rings. The average molecular weight is 292 g/mol. The number of amides is 1. The fourth-order valence-electron chi connectivity index (χ4n) is 2.25. The zero-order valence-electron chi connectivity index (χ0n) is 10.8. The molecule has 0 saturated carbocycles. The second kappa shape index (κ2) is 5.12. The quantitative estimate of drug-likeness (QED) is 0.834. The smallest absolute Gasteiger partial charge is 0.255 e. The molecule has 1 amide bonds. The van der Waals surface area contributed by atoms with Crippen LogP contribution in [0, 0.1) is 17.5 Å². The highest BCUT2D eigenvalue weighted by Gasteiger charge is 2.17. The second-order valence-electron chi connectivity index (χ2n) is 4.73. The highest BCUT2D eigenvalue weighted by Crippen LogP contribution is 2.24. The van der Waals surface area contributed by atoms with Gasteiger partial charge in [-0.25, -0.2) is 13.2 Å². The minimum Gasteiger partial charge on any atom is -0.384 e. The van der Waals surface area contributed by atoms with Crippen molar-refractivity contribution in [1.29, 1.82) is 0 Å². The van der Waals surface area contributed by atoms with Gasteiger partial charge in [0.25, 0.3) is 5.91 Å². The monoisotopic (exact) mass is 292 g/mol. The van der Waals surface area contributed by atoms with Crippen LogP contribution in [0.2, 0.25) is 0 Å². The van der Waals surface area contributed by atoms with Crippen LogP contribution >= 0.6 is 0 Å². The number of halogens is 3. The number of rotatable bonds is 2. The van der Waals surface area contributed by atoms with Crippen molar-refractivity contribution in [2.24, 2.45) is 0 Å². The SMILES string of the molecule is O=C(Nc1ccc(F)c(F)c1F)c1ccc2c(c1)NCC2. The number of nitrogens with one attached hydrogen (secondary N) is 2. The number of fused-ring (bicyclic) bond motifs is 1. The first-order chi connectivity index (χ1) is 10.1. The molecule has 0 bridgehead atoms.